The van der Waals surface area contributed by atoms with E-state index >= 15 is 0 Å². The van der Waals surface area contributed by atoms with Crippen molar-refractivity contribution in [2.45, 2.75) is 0 Å². The van der Waals surface area contributed by atoms with Gasteiger partial charge in [-0.1, -0.05) is 0 Å². The van der Waals surface area contributed by atoms with Gasteiger partial charge < -0.3 is 10.4 Å². The number of nitrogens with one attached hydrogen (secondary N) is 1. The predicted octanol–water partition coefficient (Wildman–Crippen LogP) is -4.15. The molecule has 0 heterocycles. The number of likely N-dealkylation sites (N-methyl/N-ethyl adjacent to an activating group) is 1. The summed E-state index contributed by atoms with van der Waals surface area (Å²) in [5.74, 6) is 0. The van der Waals surface area contributed by atoms with Crippen molar-refractivity contribution >= 4 is 0 Å². The van der Waals surface area contributed by atoms with Crippen LogP contribution in [0.15, 0.2) is 0 Å². The van der Waals surface area contributed by atoms with E-state index in [0.29, 0.717) is 6.54 Å². The first kappa shape index (κ1) is 14.9. The number of aliphatic hydroxyl groups excluding tert-OH is 1. The summed E-state index contributed by atoms with van der Waals surface area (Å²) in [6.07, 6.45) is 0. The quantitative estimate of drug-likeness (QED) is 0.243. The molecular weight excluding hydrogens is 357 g/mol. The molecule has 0 spiro atoms. The Morgan fingerprint density at radius 2 is 1.25 bits per heavy atom. The van der Waals surface area contributed by atoms with Crippen LogP contribution in [0.2, 0.25) is 0 Å². The molecule has 9 heteroatoms. The van der Waals surface area contributed by atoms with Gasteiger partial charge in [-0.3, -0.25) is 0 Å². The van der Waals surface area contributed by atoms with Gasteiger partial charge in [0.2, 0.25) is 0 Å². The van der Waals surface area contributed by atoms with E-state index in [9.17, 15) is 0 Å². The van der Waals surface area contributed by atoms with Crippen LogP contribution in [-0.4, -0.2) is 47.9 Å². The van der Waals surface area contributed by atoms with E-state index in [1.165, 1.54) is 0 Å². The Labute approximate surface area is 69.6 Å². The standard InChI is InChI=1S/C3H9NO.6H2O.Pt/c1-4-2-3-5;;;;;;;/h4-5H,2-3H2,1H3;6*1H2;/q;;;;;;;+6/p-6. The van der Waals surface area contributed by atoms with Crippen LogP contribution < -0.4 is 5.32 Å². The Kier molecular flexibility index (Phi) is 4.49. The Balaban J connectivity index is 0. The second kappa shape index (κ2) is 3.62. The molecule has 0 radical (unpaired) electrons. The first-order chi connectivity index (χ1) is 4.86. The SMILES string of the molecule is CNCCO.[OH][Pt]([OH])([OH])([OH])([OH])[OH]. The van der Waals surface area contributed by atoms with E-state index in [2.05, 4.69) is 5.32 Å². The number of hydrogen-bond donors (Lipinski definition) is 8. The molecule has 0 aromatic rings. The predicted molar refractivity (Wildman–Crippen MR) is 34.3 cm³/mol. The zero-order valence-electron chi connectivity index (χ0n) is 6.36. The Morgan fingerprint density at radius 1 is 1.00 bits per heavy atom. The van der Waals surface area contributed by atoms with E-state index in [-0.39, 0.29) is 6.61 Å². The third-order valence-electron chi connectivity index (χ3n) is 0.362. The molecule has 0 saturated carbocycles. The number of aliphatic hydroxyl groups is 1. The molecule has 0 aromatic carbocycles. The summed E-state index contributed by atoms with van der Waals surface area (Å²) in [5.41, 5.74) is 0. The van der Waals surface area contributed by atoms with Gasteiger partial charge in [0.25, 0.3) is 0 Å². The van der Waals surface area contributed by atoms with Crippen molar-refractivity contribution in [3.8, 4) is 0 Å². The van der Waals surface area contributed by atoms with Crippen LogP contribution in [0.5, 0.6) is 0 Å². The van der Waals surface area contributed by atoms with Crippen molar-refractivity contribution in [3.05, 3.63) is 0 Å². The molecule has 12 heavy (non-hydrogen) atoms. The van der Waals surface area contributed by atoms with Gasteiger partial charge in [0.1, 0.15) is 0 Å². The molecule has 0 aliphatic heterocycles. The third-order valence-corrected chi connectivity index (χ3v) is 0.362. The molecule has 0 fully saturated rings. The average molecular weight is 372 g/mol. The monoisotopic (exact) mass is 372 g/mol. The molecule has 0 saturated heterocycles. The minimum absolute atomic E-state index is 0.233. The topological polar surface area (TPSA) is 154 Å². The first-order valence-electron chi connectivity index (χ1n) is 2.52. The fourth-order valence-corrected chi connectivity index (χ4v) is 0.112. The fourth-order valence-electron chi connectivity index (χ4n) is 0.112. The van der Waals surface area contributed by atoms with Gasteiger partial charge in [-0.15, -0.1) is 0 Å². The van der Waals surface area contributed by atoms with Crippen molar-refractivity contribution in [2.75, 3.05) is 20.2 Å². The molecular formula is C3H15NO7Pt. The zero-order valence-corrected chi connectivity index (χ0v) is 8.63. The second-order valence-corrected chi connectivity index (χ2v) is 8.59. The summed E-state index contributed by atoms with van der Waals surface area (Å²) in [7, 11) is 1.80. The first-order valence-corrected chi connectivity index (χ1v) is 8.62. The summed E-state index contributed by atoms with van der Waals surface area (Å²) in [4.78, 5) is 0. The van der Waals surface area contributed by atoms with Crippen LogP contribution >= 0.6 is 0 Å². The Bertz CT molecular complexity index is 108. The van der Waals surface area contributed by atoms with E-state index in [1.54, 1.807) is 7.05 Å². The molecule has 0 aliphatic rings. The van der Waals surface area contributed by atoms with E-state index < -0.39 is 15.8 Å². The molecule has 0 amide bonds. The summed E-state index contributed by atoms with van der Waals surface area (Å²) < 4.78 is 44.5. The van der Waals surface area contributed by atoms with Crippen molar-refractivity contribution in [3.63, 3.8) is 0 Å². The molecule has 0 atom stereocenters. The second-order valence-electron chi connectivity index (χ2n) is 1.78. The van der Waals surface area contributed by atoms with Crippen molar-refractivity contribution in [2.24, 2.45) is 0 Å². The summed E-state index contributed by atoms with van der Waals surface area (Å²) in [6.45, 7) is 0.927. The van der Waals surface area contributed by atoms with Crippen LogP contribution in [0, 0.1) is 0 Å². The van der Waals surface area contributed by atoms with Crippen molar-refractivity contribution in [1.29, 1.82) is 0 Å². The van der Waals surface area contributed by atoms with E-state index in [1.807, 2.05) is 0 Å². The number of hydrogen-bond acceptors (Lipinski definition) is 8. The van der Waals surface area contributed by atoms with Gasteiger partial charge in [0.15, 0.2) is 0 Å². The number of rotatable bonds is 2. The van der Waals surface area contributed by atoms with Crippen LogP contribution in [0.1, 0.15) is 0 Å². The molecule has 84 valence electrons. The van der Waals surface area contributed by atoms with Crippen LogP contribution in [-0.2, 0) is 15.8 Å². The molecule has 8 N–H and O–H groups in total. The van der Waals surface area contributed by atoms with Crippen LogP contribution in [0.25, 0.3) is 0 Å². The average Bonchev–Trinajstić information content (AvgIpc) is 1.58. The third kappa shape index (κ3) is 162. The van der Waals surface area contributed by atoms with Gasteiger partial charge >= 0.3 is 38.4 Å². The molecule has 0 unspecified atom stereocenters. The summed E-state index contributed by atoms with van der Waals surface area (Å²) in [5, 5.41) is 10.8. The van der Waals surface area contributed by atoms with Crippen LogP contribution in [0.3, 0.4) is 0 Å². The molecule has 0 aromatic heterocycles. The van der Waals surface area contributed by atoms with Crippen molar-refractivity contribution in [1.82, 2.24) is 5.32 Å². The molecule has 0 aliphatic carbocycles. The maximum atomic E-state index is 8.00. The van der Waals surface area contributed by atoms with Crippen molar-refractivity contribution < 1.29 is 43.5 Å². The Hall–Kier alpha value is 0.368. The maximum absolute atomic E-state index is 8.12. The molecule has 8 nitrogen and oxygen atoms in total. The van der Waals surface area contributed by atoms with Crippen LogP contribution in [0.4, 0.5) is 0 Å². The van der Waals surface area contributed by atoms with Gasteiger partial charge in [-0.2, -0.15) is 0 Å². The zero-order chi connectivity index (χ0) is 10.5. The minimum atomic E-state index is -8.12. The molecule has 0 bridgehead atoms. The van der Waals surface area contributed by atoms with Gasteiger partial charge in [0.05, 0.1) is 6.61 Å². The van der Waals surface area contributed by atoms with E-state index in [4.69, 9.17) is 27.7 Å². The van der Waals surface area contributed by atoms with Gasteiger partial charge in [-0.25, -0.2) is 0 Å². The molecule has 0 rings (SSSR count). The normalized spacial score (nSPS) is 17.0. The van der Waals surface area contributed by atoms with E-state index in [0.717, 1.165) is 0 Å². The summed E-state index contributed by atoms with van der Waals surface area (Å²) in [6, 6.07) is 0. The van der Waals surface area contributed by atoms with Gasteiger partial charge in [-0.05, 0) is 7.05 Å². The fraction of sp³-hybridized carbons (Fsp3) is 1.00. The van der Waals surface area contributed by atoms with Gasteiger partial charge in [0, 0.05) is 6.54 Å². The summed E-state index contributed by atoms with van der Waals surface area (Å²) >= 11 is -8.12. The Morgan fingerprint density at radius 3 is 1.25 bits per heavy atom.